The van der Waals surface area contributed by atoms with Crippen LogP contribution in [0.1, 0.15) is 24.0 Å². The number of fused-ring (bicyclic) bond motifs is 1. The molecule has 0 bridgehead atoms. The number of aryl methyl sites for hydroxylation is 1. The van der Waals surface area contributed by atoms with Crippen LogP contribution >= 0.6 is 0 Å². The first-order valence-electron chi connectivity index (χ1n) is 9.41. The largest absolute Gasteiger partial charge is 0.416 e. The molecular formula is C20H21F3N4O2S. The van der Waals surface area contributed by atoms with E-state index in [1.54, 1.807) is 6.20 Å². The summed E-state index contributed by atoms with van der Waals surface area (Å²) < 4.78 is 66.3. The van der Waals surface area contributed by atoms with Gasteiger partial charge in [0.15, 0.2) is 0 Å². The van der Waals surface area contributed by atoms with Crippen LogP contribution in [0.15, 0.2) is 47.6 Å². The van der Waals surface area contributed by atoms with Gasteiger partial charge in [0.05, 0.1) is 16.1 Å². The van der Waals surface area contributed by atoms with Crippen LogP contribution in [0.25, 0.3) is 11.0 Å². The SMILES string of the molecule is Cc1cnc2[nH]ccc2c1N(C)C1CC(NS(=O)(=O)c2cccc(C(F)(F)F)c2)C1. The molecule has 2 heterocycles. The third-order valence-corrected chi connectivity index (χ3v) is 7.07. The Morgan fingerprint density at radius 1 is 1.23 bits per heavy atom. The Bertz CT molecular complexity index is 1180. The molecule has 1 aliphatic rings. The summed E-state index contributed by atoms with van der Waals surface area (Å²) in [6, 6.07) is 5.51. The lowest BCUT2D eigenvalue weighted by Crippen LogP contribution is -2.53. The van der Waals surface area contributed by atoms with Crippen LogP contribution in [-0.2, 0) is 16.2 Å². The molecular weight excluding hydrogens is 417 g/mol. The van der Waals surface area contributed by atoms with Crippen LogP contribution < -0.4 is 9.62 Å². The molecule has 0 saturated heterocycles. The number of benzene rings is 1. The molecule has 0 amide bonds. The molecule has 4 rings (SSSR count). The number of nitrogens with one attached hydrogen (secondary N) is 2. The third-order valence-electron chi connectivity index (χ3n) is 5.55. The summed E-state index contributed by atoms with van der Waals surface area (Å²) in [5, 5.41) is 0.991. The molecule has 0 unspecified atom stereocenters. The van der Waals surface area contributed by atoms with Gasteiger partial charge in [-0.15, -0.1) is 0 Å². The number of rotatable bonds is 5. The lowest BCUT2D eigenvalue weighted by atomic mass is 9.86. The van der Waals surface area contributed by atoms with Crippen molar-refractivity contribution >= 4 is 26.7 Å². The van der Waals surface area contributed by atoms with E-state index >= 15 is 0 Å². The topological polar surface area (TPSA) is 78.1 Å². The molecule has 1 aliphatic carbocycles. The Hall–Kier alpha value is -2.59. The van der Waals surface area contributed by atoms with Crippen molar-refractivity contribution in [3.05, 3.63) is 53.9 Å². The normalized spacial score (nSPS) is 19.6. The highest BCUT2D eigenvalue weighted by atomic mass is 32.2. The summed E-state index contributed by atoms with van der Waals surface area (Å²) >= 11 is 0. The summed E-state index contributed by atoms with van der Waals surface area (Å²) in [5.74, 6) is 0. The van der Waals surface area contributed by atoms with E-state index in [0.717, 1.165) is 34.4 Å². The lowest BCUT2D eigenvalue weighted by molar-refractivity contribution is -0.137. The molecule has 6 nitrogen and oxygen atoms in total. The van der Waals surface area contributed by atoms with Gasteiger partial charge in [0, 0.05) is 36.9 Å². The minimum absolute atomic E-state index is 0.110. The number of H-pyrrole nitrogens is 1. The van der Waals surface area contributed by atoms with E-state index in [0.29, 0.717) is 18.9 Å². The number of halogens is 3. The molecule has 1 aromatic carbocycles. The number of aromatic amines is 1. The second kappa shape index (κ2) is 7.28. The molecule has 0 spiro atoms. The van der Waals surface area contributed by atoms with Gasteiger partial charge in [-0.2, -0.15) is 13.2 Å². The van der Waals surface area contributed by atoms with Crippen LogP contribution in [0.3, 0.4) is 0 Å². The van der Waals surface area contributed by atoms with E-state index in [1.165, 1.54) is 6.07 Å². The fraction of sp³-hybridized carbons (Fsp3) is 0.350. The minimum atomic E-state index is -4.60. The van der Waals surface area contributed by atoms with Crippen LogP contribution in [0, 0.1) is 6.92 Å². The number of nitrogens with zero attached hydrogens (tertiary/aromatic N) is 2. The molecule has 1 fully saturated rings. The highest BCUT2D eigenvalue weighted by Crippen LogP contribution is 2.35. The summed E-state index contributed by atoms with van der Waals surface area (Å²) in [7, 11) is -2.08. The van der Waals surface area contributed by atoms with Gasteiger partial charge in [-0.3, -0.25) is 0 Å². The van der Waals surface area contributed by atoms with E-state index in [2.05, 4.69) is 19.6 Å². The number of anilines is 1. The molecule has 30 heavy (non-hydrogen) atoms. The monoisotopic (exact) mass is 438 g/mol. The van der Waals surface area contributed by atoms with Gasteiger partial charge in [-0.05, 0) is 49.6 Å². The standard InChI is InChI=1S/C20H21F3N4O2S/c1-12-11-25-19-17(6-7-24-19)18(12)27(2)15-9-14(10-15)26-30(28,29)16-5-3-4-13(8-16)20(21,22)23/h3-8,11,14-15,26H,9-10H2,1-2H3,(H,24,25). The summed E-state index contributed by atoms with van der Waals surface area (Å²) in [6.45, 7) is 1.97. The minimum Gasteiger partial charge on any atom is -0.371 e. The van der Waals surface area contributed by atoms with Crippen LogP contribution in [0.4, 0.5) is 18.9 Å². The van der Waals surface area contributed by atoms with Gasteiger partial charge in [-0.25, -0.2) is 18.1 Å². The van der Waals surface area contributed by atoms with Crippen molar-refractivity contribution < 1.29 is 21.6 Å². The fourth-order valence-electron chi connectivity index (χ4n) is 3.87. The molecule has 0 atom stereocenters. The molecule has 0 aliphatic heterocycles. The zero-order chi connectivity index (χ0) is 21.7. The van der Waals surface area contributed by atoms with Crippen molar-refractivity contribution in [2.75, 3.05) is 11.9 Å². The van der Waals surface area contributed by atoms with E-state index in [-0.39, 0.29) is 17.0 Å². The Morgan fingerprint density at radius 2 is 1.97 bits per heavy atom. The van der Waals surface area contributed by atoms with Crippen molar-refractivity contribution in [3.63, 3.8) is 0 Å². The molecule has 2 N–H and O–H groups in total. The maximum atomic E-state index is 12.9. The highest BCUT2D eigenvalue weighted by molar-refractivity contribution is 7.89. The number of alkyl halides is 3. The second-order valence-electron chi connectivity index (χ2n) is 7.61. The Labute approximate surface area is 172 Å². The summed E-state index contributed by atoms with van der Waals surface area (Å²) in [6.07, 6.45) is 0.130. The molecule has 3 aromatic rings. The number of aromatic nitrogens is 2. The van der Waals surface area contributed by atoms with Gasteiger partial charge in [0.25, 0.3) is 0 Å². The number of hydrogen-bond acceptors (Lipinski definition) is 4. The van der Waals surface area contributed by atoms with E-state index in [4.69, 9.17) is 0 Å². The van der Waals surface area contributed by atoms with Crippen molar-refractivity contribution in [2.45, 2.75) is 42.9 Å². The second-order valence-corrected chi connectivity index (χ2v) is 9.32. The van der Waals surface area contributed by atoms with Gasteiger partial charge in [-0.1, -0.05) is 6.07 Å². The first-order valence-corrected chi connectivity index (χ1v) is 10.9. The highest BCUT2D eigenvalue weighted by Gasteiger charge is 2.37. The maximum absolute atomic E-state index is 12.9. The summed E-state index contributed by atoms with van der Waals surface area (Å²) in [4.78, 5) is 9.17. The molecule has 0 radical (unpaired) electrons. The van der Waals surface area contributed by atoms with Gasteiger partial charge in [0.1, 0.15) is 5.65 Å². The maximum Gasteiger partial charge on any atom is 0.416 e. The van der Waals surface area contributed by atoms with Crippen LogP contribution in [-0.4, -0.2) is 37.5 Å². The first kappa shape index (κ1) is 20.7. The van der Waals surface area contributed by atoms with Crippen LogP contribution in [0.5, 0.6) is 0 Å². The van der Waals surface area contributed by atoms with Gasteiger partial charge in [0.2, 0.25) is 10.0 Å². The average molecular weight is 438 g/mol. The van der Waals surface area contributed by atoms with Crippen molar-refractivity contribution in [2.24, 2.45) is 0 Å². The quantitative estimate of drug-likeness (QED) is 0.635. The van der Waals surface area contributed by atoms with E-state index in [1.807, 2.05) is 26.2 Å². The molecule has 160 valence electrons. The third kappa shape index (κ3) is 3.77. The van der Waals surface area contributed by atoms with Crippen LogP contribution in [0.2, 0.25) is 0 Å². The van der Waals surface area contributed by atoms with Crippen molar-refractivity contribution in [3.8, 4) is 0 Å². The number of pyridine rings is 1. The number of sulfonamides is 1. The Morgan fingerprint density at radius 3 is 2.67 bits per heavy atom. The Kier molecular flexibility index (Phi) is 5.01. The Balaban J connectivity index is 1.46. The smallest absolute Gasteiger partial charge is 0.371 e. The molecule has 1 saturated carbocycles. The molecule has 2 aromatic heterocycles. The van der Waals surface area contributed by atoms with E-state index < -0.39 is 21.8 Å². The van der Waals surface area contributed by atoms with Gasteiger partial charge >= 0.3 is 6.18 Å². The lowest BCUT2D eigenvalue weighted by Gasteiger charge is -2.43. The fourth-order valence-corrected chi connectivity index (χ4v) is 5.18. The number of hydrogen-bond donors (Lipinski definition) is 2. The first-order chi connectivity index (χ1) is 14.1. The van der Waals surface area contributed by atoms with Gasteiger partial charge < -0.3 is 9.88 Å². The zero-order valence-corrected chi connectivity index (χ0v) is 17.2. The predicted molar refractivity (Wildman–Crippen MR) is 108 cm³/mol. The summed E-state index contributed by atoms with van der Waals surface area (Å²) in [5.41, 5.74) is 1.84. The zero-order valence-electron chi connectivity index (χ0n) is 16.4. The average Bonchev–Trinajstić information content (AvgIpc) is 3.12. The van der Waals surface area contributed by atoms with Crippen molar-refractivity contribution in [1.29, 1.82) is 0 Å². The predicted octanol–water partition coefficient (Wildman–Crippen LogP) is 3.84. The van der Waals surface area contributed by atoms with E-state index in [9.17, 15) is 21.6 Å². The van der Waals surface area contributed by atoms with Crippen molar-refractivity contribution in [1.82, 2.24) is 14.7 Å². The molecule has 10 heteroatoms.